The van der Waals surface area contributed by atoms with Crippen LogP contribution in [0.2, 0.25) is 0 Å². The van der Waals surface area contributed by atoms with Crippen LogP contribution in [0.25, 0.3) is 0 Å². The number of carbonyl (C=O) groups is 1. The molecule has 1 saturated heterocycles. The van der Waals surface area contributed by atoms with Gasteiger partial charge >= 0.3 is 0 Å². The number of nitrogens with zero attached hydrogens (tertiary/aromatic N) is 2. The Labute approximate surface area is 199 Å². The molecule has 1 aliphatic heterocycles. The van der Waals surface area contributed by atoms with Gasteiger partial charge in [-0.2, -0.15) is 0 Å². The van der Waals surface area contributed by atoms with E-state index in [9.17, 15) is 13.2 Å². The van der Waals surface area contributed by atoms with Crippen LogP contribution in [0.1, 0.15) is 10.4 Å². The predicted octanol–water partition coefficient (Wildman–Crippen LogP) is 3.47. The minimum absolute atomic E-state index is 0.0468. The number of piperazine rings is 1. The fourth-order valence-corrected chi connectivity index (χ4v) is 5.19. The van der Waals surface area contributed by atoms with E-state index in [1.54, 1.807) is 54.5 Å². The summed E-state index contributed by atoms with van der Waals surface area (Å²) in [7, 11) is -0.761. The zero-order chi connectivity index (χ0) is 24.1. The summed E-state index contributed by atoms with van der Waals surface area (Å²) in [5, 5.41) is 0. The number of carbonyl (C=O) groups excluding carboxylic acids is 1. The molecule has 3 aromatic rings. The molecule has 0 atom stereocenters. The maximum atomic E-state index is 13.0. The monoisotopic (exact) mass is 481 g/mol. The number of methoxy groups -OCH3 is 2. The summed E-state index contributed by atoms with van der Waals surface area (Å²) < 4.78 is 38.7. The third kappa shape index (κ3) is 4.94. The summed E-state index contributed by atoms with van der Waals surface area (Å²) in [5.41, 5.74) is 1.89. The molecule has 34 heavy (non-hydrogen) atoms. The Balaban J connectivity index is 1.40. The Morgan fingerprint density at radius 2 is 1.38 bits per heavy atom. The maximum Gasteiger partial charge on any atom is 0.265 e. The molecule has 0 radical (unpaired) electrons. The lowest BCUT2D eigenvalue weighted by atomic mass is 10.1. The highest BCUT2D eigenvalue weighted by Crippen LogP contribution is 2.29. The second-order valence-corrected chi connectivity index (χ2v) is 9.44. The lowest BCUT2D eigenvalue weighted by Crippen LogP contribution is -2.48. The molecule has 0 spiro atoms. The van der Waals surface area contributed by atoms with E-state index < -0.39 is 10.0 Å². The van der Waals surface area contributed by atoms with Crippen molar-refractivity contribution in [1.82, 2.24) is 4.90 Å². The highest BCUT2D eigenvalue weighted by molar-refractivity contribution is 7.92. The van der Waals surface area contributed by atoms with E-state index in [1.165, 1.54) is 13.2 Å². The van der Waals surface area contributed by atoms with E-state index in [0.717, 1.165) is 11.4 Å². The van der Waals surface area contributed by atoms with Gasteiger partial charge in [0, 0.05) is 37.4 Å². The molecule has 1 heterocycles. The molecule has 8 nitrogen and oxygen atoms in total. The van der Waals surface area contributed by atoms with E-state index in [1.807, 2.05) is 24.3 Å². The number of para-hydroxylation sites is 3. The van der Waals surface area contributed by atoms with Crippen LogP contribution < -0.4 is 19.1 Å². The molecule has 9 heteroatoms. The van der Waals surface area contributed by atoms with Crippen LogP contribution in [-0.4, -0.2) is 59.6 Å². The van der Waals surface area contributed by atoms with Crippen LogP contribution in [0.5, 0.6) is 11.5 Å². The zero-order valence-electron chi connectivity index (χ0n) is 19.1. The van der Waals surface area contributed by atoms with Crippen molar-refractivity contribution in [2.45, 2.75) is 4.90 Å². The zero-order valence-corrected chi connectivity index (χ0v) is 19.9. The average molecular weight is 482 g/mol. The molecule has 0 aliphatic carbocycles. The van der Waals surface area contributed by atoms with Gasteiger partial charge in [0.05, 0.1) is 19.9 Å². The second-order valence-electron chi connectivity index (χ2n) is 7.78. The van der Waals surface area contributed by atoms with Gasteiger partial charge in [-0.1, -0.05) is 24.3 Å². The molecule has 4 rings (SSSR count). The Morgan fingerprint density at radius 1 is 0.794 bits per heavy atom. The first kappa shape index (κ1) is 23.4. The molecule has 178 valence electrons. The topological polar surface area (TPSA) is 88.2 Å². The Hall–Kier alpha value is -3.72. The highest BCUT2D eigenvalue weighted by Gasteiger charge is 2.24. The molecule has 0 bridgehead atoms. The first-order valence-corrected chi connectivity index (χ1v) is 12.3. The van der Waals surface area contributed by atoms with Crippen LogP contribution in [0.3, 0.4) is 0 Å². The van der Waals surface area contributed by atoms with Gasteiger partial charge in [0.15, 0.2) is 0 Å². The third-order valence-electron chi connectivity index (χ3n) is 5.74. The number of hydrogen-bond acceptors (Lipinski definition) is 6. The van der Waals surface area contributed by atoms with Crippen molar-refractivity contribution in [3.63, 3.8) is 0 Å². The number of amides is 1. The smallest absolute Gasteiger partial charge is 0.265 e. The maximum absolute atomic E-state index is 13.0. The van der Waals surface area contributed by atoms with Crippen molar-refractivity contribution < 1.29 is 22.7 Å². The largest absolute Gasteiger partial charge is 0.495 e. The van der Waals surface area contributed by atoms with Crippen LogP contribution in [0.15, 0.2) is 77.7 Å². The summed E-state index contributed by atoms with van der Waals surface area (Å²) in [6.07, 6.45) is 0. The van der Waals surface area contributed by atoms with Crippen molar-refractivity contribution in [2.75, 3.05) is 50.0 Å². The SMILES string of the molecule is COc1ccccc1N1CCN(C(=O)c2ccc(NS(=O)(=O)c3ccccc3OC)cc2)CC1. The Bertz CT molecular complexity index is 1250. The number of nitrogens with one attached hydrogen (secondary N) is 1. The van der Waals surface area contributed by atoms with Crippen LogP contribution in [-0.2, 0) is 10.0 Å². The highest BCUT2D eigenvalue weighted by atomic mass is 32.2. The lowest BCUT2D eigenvalue weighted by Gasteiger charge is -2.36. The van der Waals surface area contributed by atoms with Gasteiger partial charge in [0.1, 0.15) is 16.4 Å². The molecule has 0 saturated carbocycles. The average Bonchev–Trinajstić information content (AvgIpc) is 2.88. The number of hydrogen-bond donors (Lipinski definition) is 1. The summed E-state index contributed by atoms with van der Waals surface area (Å²) in [6, 6.07) is 20.7. The fraction of sp³-hybridized carbons (Fsp3) is 0.240. The Kier molecular flexibility index (Phi) is 6.93. The van der Waals surface area contributed by atoms with Crippen molar-refractivity contribution in [3.8, 4) is 11.5 Å². The molecule has 1 fully saturated rings. The van der Waals surface area contributed by atoms with Crippen LogP contribution in [0.4, 0.5) is 11.4 Å². The number of anilines is 2. The van der Waals surface area contributed by atoms with Gasteiger partial charge in [-0.3, -0.25) is 9.52 Å². The van der Waals surface area contributed by atoms with Gasteiger partial charge < -0.3 is 19.3 Å². The van der Waals surface area contributed by atoms with Crippen LogP contribution >= 0.6 is 0 Å². The number of rotatable bonds is 7. The molecule has 1 amide bonds. The van der Waals surface area contributed by atoms with E-state index in [4.69, 9.17) is 9.47 Å². The van der Waals surface area contributed by atoms with Gasteiger partial charge in [-0.05, 0) is 48.5 Å². The normalized spacial score (nSPS) is 13.9. The fourth-order valence-electron chi connectivity index (χ4n) is 3.96. The predicted molar refractivity (Wildman–Crippen MR) is 131 cm³/mol. The number of ether oxygens (including phenoxy) is 2. The van der Waals surface area contributed by atoms with Gasteiger partial charge in [-0.15, -0.1) is 0 Å². The van der Waals surface area contributed by atoms with E-state index >= 15 is 0 Å². The minimum Gasteiger partial charge on any atom is -0.495 e. The van der Waals surface area contributed by atoms with E-state index in [-0.39, 0.29) is 16.6 Å². The standard InChI is InChI=1S/C25H27N3O5S/c1-32-22-8-4-3-7-21(22)27-15-17-28(18-16-27)25(29)19-11-13-20(14-12-19)26-34(30,31)24-10-6-5-9-23(24)33-2/h3-14,26H,15-18H2,1-2H3. The molecular weight excluding hydrogens is 454 g/mol. The van der Waals surface area contributed by atoms with Gasteiger partial charge in [0.25, 0.3) is 15.9 Å². The first-order chi connectivity index (χ1) is 16.4. The van der Waals surface area contributed by atoms with Crippen molar-refractivity contribution in [3.05, 3.63) is 78.4 Å². The van der Waals surface area contributed by atoms with Crippen LogP contribution in [0, 0.1) is 0 Å². The molecule has 0 unspecified atom stereocenters. The third-order valence-corrected chi connectivity index (χ3v) is 7.16. The molecule has 0 aromatic heterocycles. The van der Waals surface area contributed by atoms with Gasteiger partial charge in [-0.25, -0.2) is 8.42 Å². The van der Waals surface area contributed by atoms with Crippen molar-refractivity contribution in [2.24, 2.45) is 0 Å². The Morgan fingerprint density at radius 3 is 2.03 bits per heavy atom. The number of sulfonamides is 1. The molecule has 1 aliphatic rings. The molecule has 1 N–H and O–H groups in total. The quantitative estimate of drug-likeness (QED) is 0.556. The summed E-state index contributed by atoms with van der Waals surface area (Å²) >= 11 is 0. The van der Waals surface area contributed by atoms with Crippen molar-refractivity contribution >= 4 is 27.3 Å². The summed E-state index contributed by atoms with van der Waals surface area (Å²) in [5.74, 6) is 0.987. The minimum atomic E-state index is -3.83. The number of benzene rings is 3. The molecular formula is C25H27N3O5S. The summed E-state index contributed by atoms with van der Waals surface area (Å²) in [4.78, 5) is 17.1. The van der Waals surface area contributed by atoms with E-state index in [2.05, 4.69) is 9.62 Å². The van der Waals surface area contributed by atoms with Crippen molar-refractivity contribution in [1.29, 1.82) is 0 Å². The molecule has 3 aromatic carbocycles. The first-order valence-electron chi connectivity index (χ1n) is 10.9. The second kappa shape index (κ2) is 10.0. The lowest BCUT2D eigenvalue weighted by molar-refractivity contribution is 0.0746. The van der Waals surface area contributed by atoms with E-state index in [0.29, 0.717) is 37.4 Å². The summed E-state index contributed by atoms with van der Waals surface area (Å²) in [6.45, 7) is 2.56. The van der Waals surface area contributed by atoms with Gasteiger partial charge in [0.2, 0.25) is 0 Å².